The molecule has 0 spiro atoms. The van der Waals surface area contributed by atoms with Crippen LogP contribution in [0.2, 0.25) is 0 Å². The largest absolute Gasteiger partial charge is 0.497 e. The van der Waals surface area contributed by atoms with E-state index in [-0.39, 0.29) is 11.6 Å². The van der Waals surface area contributed by atoms with Gasteiger partial charge in [0, 0.05) is 5.56 Å². The highest BCUT2D eigenvalue weighted by Gasteiger charge is 2.24. The molecule has 0 aromatic heterocycles. The molecule has 2 aromatic carbocycles. The highest BCUT2D eigenvalue weighted by molar-refractivity contribution is 6.13. The van der Waals surface area contributed by atoms with E-state index >= 15 is 0 Å². The van der Waals surface area contributed by atoms with E-state index in [0.29, 0.717) is 29.4 Å². The summed E-state index contributed by atoms with van der Waals surface area (Å²) in [6.45, 7) is 2.65. The van der Waals surface area contributed by atoms with Crippen molar-refractivity contribution in [3.05, 3.63) is 59.3 Å². The zero-order valence-corrected chi connectivity index (χ0v) is 15.5. The lowest BCUT2D eigenvalue weighted by molar-refractivity contribution is -0.129. The maximum Gasteiger partial charge on any atom is 0.363 e. The fraction of sp³-hybridized carbons (Fsp3) is 0.238. The summed E-state index contributed by atoms with van der Waals surface area (Å²) < 4.78 is 21.5. The lowest BCUT2D eigenvalue weighted by Crippen LogP contribution is -2.05. The zero-order valence-electron chi connectivity index (χ0n) is 15.5. The number of aliphatic imine (C=N–C) groups is 1. The van der Waals surface area contributed by atoms with Gasteiger partial charge in [-0.05, 0) is 48.4 Å². The van der Waals surface area contributed by atoms with E-state index in [1.807, 2.05) is 31.2 Å². The Labute approximate surface area is 158 Å². The minimum Gasteiger partial charge on any atom is -0.497 e. The number of esters is 1. The maximum absolute atomic E-state index is 12.2. The van der Waals surface area contributed by atoms with E-state index in [9.17, 15) is 4.79 Å². The van der Waals surface area contributed by atoms with Crippen LogP contribution < -0.4 is 14.2 Å². The molecule has 27 heavy (non-hydrogen) atoms. The van der Waals surface area contributed by atoms with Crippen molar-refractivity contribution in [2.45, 2.75) is 13.3 Å². The van der Waals surface area contributed by atoms with Crippen molar-refractivity contribution in [2.24, 2.45) is 4.99 Å². The molecule has 0 amide bonds. The van der Waals surface area contributed by atoms with Crippen molar-refractivity contribution in [1.29, 1.82) is 0 Å². The Balaban J connectivity index is 1.87. The van der Waals surface area contributed by atoms with Crippen molar-refractivity contribution < 1.29 is 23.7 Å². The average Bonchev–Trinajstić information content (AvgIpc) is 3.07. The summed E-state index contributed by atoms with van der Waals surface area (Å²) in [5.41, 5.74) is 1.65. The molecule has 3 rings (SSSR count). The fourth-order valence-corrected chi connectivity index (χ4v) is 2.55. The fourth-order valence-electron chi connectivity index (χ4n) is 2.55. The Kier molecular flexibility index (Phi) is 5.76. The first-order valence-corrected chi connectivity index (χ1v) is 8.62. The normalized spacial score (nSPS) is 14.7. The van der Waals surface area contributed by atoms with Gasteiger partial charge in [-0.15, -0.1) is 0 Å². The van der Waals surface area contributed by atoms with Crippen LogP contribution in [0.1, 0.15) is 24.5 Å². The Morgan fingerprint density at radius 3 is 2.67 bits per heavy atom. The quantitative estimate of drug-likeness (QED) is 0.549. The molecule has 1 aliphatic heterocycles. The van der Waals surface area contributed by atoms with Crippen LogP contribution in [-0.2, 0) is 9.53 Å². The summed E-state index contributed by atoms with van der Waals surface area (Å²) in [6, 6.07) is 12.6. The molecule has 0 saturated heterocycles. The number of carbonyl (C=O) groups is 1. The van der Waals surface area contributed by atoms with E-state index in [1.54, 1.807) is 38.5 Å². The Bertz CT molecular complexity index is 901. The number of methoxy groups -OCH3 is 2. The summed E-state index contributed by atoms with van der Waals surface area (Å²) in [5, 5.41) is 0. The predicted molar refractivity (Wildman–Crippen MR) is 102 cm³/mol. The lowest BCUT2D eigenvalue weighted by atomic mass is 10.1. The van der Waals surface area contributed by atoms with Crippen LogP contribution in [0.25, 0.3) is 6.08 Å². The Morgan fingerprint density at radius 2 is 1.93 bits per heavy atom. The van der Waals surface area contributed by atoms with E-state index in [4.69, 9.17) is 18.9 Å². The van der Waals surface area contributed by atoms with Crippen LogP contribution in [0.5, 0.6) is 17.2 Å². The van der Waals surface area contributed by atoms with Crippen LogP contribution in [0.3, 0.4) is 0 Å². The molecule has 6 heteroatoms. The molecule has 2 aromatic rings. The van der Waals surface area contributed by atoms with Crippen LogP contribution in [-0.4, -0.2) is 32.7 Å². The molecular weight excluding hydrogens is 346 g/mol. The van der Waals surface area contributed by atoms with Crippen LogP contribution in [0.4, 0.5) is 0 Å². The van der Waals surface area contributed by atoms with Gasteiger partial charge in [0.2, 0.25) is 5.90 Å². The second-order valence-corrected chi connectivity index (χ2v) is 5.83. The average molecular weight is 367 g/mol. The van der Waals surface area contributed by atoms with Crippen LogP contribution >= 0.6 is 0 Å². The van der Waals surface area contributed by atoms with Crippen molar-refractivity contribution >= 4 is 17.9 Å². The third-order valence-corrected chi connectivity index (χ3v) is 3.89. The van der Waals surface area contributed by atoms with Gasteiger partial charge in [0.25, 0.3) is 0 Å². The zero-order chi connectivity index (χ0) is 19.2. The smallest absolute Gasteiger partial charge is 0.363 e. The van der Waals surface area contributed by atoms with E-state index < -0.39 is 5.97 Å². The highest BCUT2D eigenvalue weighted by atomic mass is 16.6. The van der Waals surface area contributed by atoms with Gasteiger partial charge in [0.05, 0.1) is 20.8 Å². The molecular formula is C21H21NO5. The number of nitrogens with zero attached hydrogens (tertiary/aromatic N) is 1. The third-order valence-electron chi connectivity index (χ3n) is 3.89. The molecule has 0 fully saturated rings. The molecule has 140 valence electrons. The number of hydrogen-bond donors (Lipinski definition) is 0. The summed E-state index contributed by atoms with van der Waals surface area (Å²) in [5.74, 6) is 1.67. The number of benzene rings is 2. The van der Waals surface area contributed by atoms with Crippen molar-refractivity contribution in [2.75, 3.05) is 20.8 Å². The Hall–Kier alpha value is -3.28. The molecule has 1 aliphatic rings. The second-order valence-electron chi connectivity index (χ2n) is 5.83. The van der Waals surface area contributed by atoms with Gasteiger partial charge in [-0.25, -0.2) is 9.79 Å². The van der Waals surface area contributed by atoms with E-state index in [2.05, 4.69) is 4.99 Å². The first kappa shape index (κ1) is 18.5. The number of cyclic esters (lactones) is 1. The third kappa shape index (κ3) is 4.28. The first-order valence-electron chi connectivity index (χ1n) is 8.62. The highest BCUT2D eigenvalue weighted by Crippen LogP contribution is 2.30. The number of carbonyl (C=O) groups excluding carboxylic acids is 1. The van der Waals surface area contributed by atoms with Gasteiger partial charge in [-0.1, -0.05) is 19.1 Å². The van der Waals surface area contributed by atoms with Crippen molar-refractivity contribution in [1.82, 2.24) is 0 Å². The minimum absolute atomic E-state index is 0.220. The number of rotatable bonds is 7. The van der Waals surface area contributed by atoms with Crippen LogP contribution in [0.15, 0.2) is 53.2 Å². The van der Waals surface area contributed by atoms with Gasteiger partial charge in [0.15, 0.2) is 17.2 Å². The topological polar surface area (TPSA) is 66.3 Å². The first-order chi connectivity index (χ1) is 13.1. The van der Waals surface area contributed by atoms with Crippen LogP contribution in [0, 0.1) is 0 Å². The summed E-state index contributed by atoms with van der Waals surface area (Å²) in [7, 11) is 3.15. The molecule has 0 N–H and O–H groups in total. The summed E-state index contributed by atoms with van der Waals surface area (Å²) >= 11 is 0. The van der Waals surface area contributed by atoms with Crippen molar-refractivity contribution in [3.8, 4) is 17.2 Å². The monoisotopic (exact) mass is 367 g/mol. The molecule has 0 atom stereocenters. The summed E-state index contributed by atoms with van der Waals surface area (Å²) in [4.78, 5) is 16.5. The van der Waals surface area contributed by atoms with Gasteiger partial charge >= 0.3 is 5.97 Å². The number of hydrogen-bond acceptors (Lipinski definition) is 6. The van der Waals surface area contributed by atoms with E-state index in [1.165, 1.54) is 0 Å². The van der Waals surface area contributed by atoms with Gasteiger partial charge in [-0.3, -0.25) is 0 Å². The Morgan fingerprint density at radius 1 is 1.07 bits per heavy atom. The minimum atomic E-state index is -0.502. The second kappa shape index (κ2) is 8.40. The van der Waals surface area contributed by atoms with Gasteiger partial charge in [-0.2, -0.15) is 0 Å². The molecule has 0 unspecified atom stereocenters. The molecule has 1 heterocycles. The standard InChI is InChI=1S/C21H21NO5/c1-4-10-26-18-9-8-14(12-19(18)25-3)11-17-21(23)27-20(22-17)15-6-5-7-16(13-15)24-2/h5-9,11-13H,4,10H2,1-3H3/b17-11-. The van der Waals surface area contributed by atoms with Crippen molar-refractivity contribution in [3.63, 3.8) is 0 Å². The molecule has 6 nitrogen and oxygen atoms in total. The molecule has 0 bridgehead atoms. The molecule has 0 aliphatic carbocycles. The summed E-state index contributed by atoms with van der Waals surface area (Å²) in [6.07, 6.45) is 2.56. The molecule has 0 saturated carbocycles. The van der Waals surface area contributed by atoms with Gasteiger partial charge < -0.3 is 18.9 Å². The van der Waals surface area contributed by atoms with E-state index in [0.717, 1.165) is 12.0 Å². The van der Waals surface area contributed by atoms with Gasteiger partial charge in [0.1, 0.15) is 5.75 Å². The molecule has 0 radical (unpaired) electrons. The SMILES string of the molecule is CCCOc1ccc(/C=C2\N=C(c3cccc(OC)c3)OC2=O)cc1OC. The number of ether oxygens (including phenoxy) is 4. The maximum atomic E-state index is 12.2. The lowest BCUT2D eigenvalue weighted by Gasteiger charge is -2.10. The predicted octanol–water partition coefficient (Wildman–Crippen LogP) is 3.84.